The molecular weight excluding hydrogens is 318 g/mol. The van der Waals surface area contributed by atoms with Crippen molar-refractivity contribution in [3.8, 4) is 0 Å². The maximum Gasteiger partial charge on any atom is 0.310 e. The van der Waals surface area contributed by atoms with E-state index in [2.05, 4.69) is 0 Å². The van der Waals surface area contributed by atoms with Gasteiger partial charge in [0.2, 0.25) is 10.0 Å². The fraction of sp³-hybridized carbons (Fsp3) is 0.462. The molecule has 8 heteroatoms. The highest BCUT2D eigenvalue weighted by atomic mass is 35.5. The maximum atomic E-state index is 12.6. The minimum Gasteiger partial charge on any atom is -0.481 e. The molecule has 1 aliphatic heterocycles. The predicted molar refractivity (Wildman–Crippen MR) is 76.9 cm³/mol. The van der Waals surface area contributed by atoms with Crippen molar-refractivity contribution in [1.82, 2.24) is 4.31 Å². The normalized spacial score (nSPS) is 22.7. The Morgan fingerprint density at radius 3 is 2.67 bits per heavy atom. The van der Waals surface area contributed by atoms with Crippen LogP contribution in [-0.2, 0) is 19.6 Å². The molecule has 1 saturated heterocycles. The number of hydrogen-bond acceptors (Lipinski definition) is 4. The SMILES string of the molecule is Cc1ccc(S(=O)(=O)N(C)C2COCC2C(=O)O)c(Cl)c1. The van der Waals surface area contributed by atoms with Crippen molar-refractivity contribution < 1.29 is 23.1 Å². The molecule has 0 aromatic heterocycles. The fourth-order valence-electron chi connectivity index (χ4n) is 2.29. The second-order valence-electron chi connectivity index (χ2n) is 5.00. The second-order valence-corrected chi connectivity index (χ2v) is 7.38. The molecule has 1 aromatic carbocycles. The molecule has 0 aliphatic carbocycles. The number of likely N-dealkylation sites (N-methyl/N-ethyl adjacent to an activating group) is 1. The summed E-state index contributed by atoms with van der Waals surface area (Å²) in [6.45, 7) is 1.86. The topological polar surface area (TPSA) is 83.9 Å². The van der Waals surface area contributed by atoms with E-state index in [-0.39, 0.29) is 23.1 Å². The van der Waals surface area contributed by atoms with Crippen LogP contribution in [0.3, 0.4) is 0 Å². The first-order valence-corrected chi connectivity index (χ1v) is 8.11. The first kappa shape index (κ1) is 16.2. The summed E-state index contributed by atoms with van der Waals surface area (Å²) in [7, 11) is -2.53. The van der Waals surface area contributed by atoms with E-state index in [9.17, 15) is 13.2 Å². The van der Waals surface area contributed by atoms with Crippen molar-refractivity contribution in [2.45, 2.75) is 17.9 Å². The van der Waals surface area contributed by atoms with Gasteiger partial charge in [0, 0.05) is 7.05 Å². The van der Waals surface area contributed by atoms with Crippen LogP contribution in [0.5, 0.6) is 0 Å². The van der Waals surface area contributed by atoms with Crippen LogP contribution in [0.1, 0.15) is 5.56 Å². The molecule has 116 valence electrons. The third-order valence-electron chi connectivity index (χ3n) is 3.58. The second kappa shape index (κ2) is 5.92. The van der Waals surface area contributed by atoms with E-state index >= 15 is 0 Å². The van der Waals surface area contributed by atoms with E-state index in [0.717, 1.165) is 9.87 Å². The molecule has 2 atom stereocenters. The van der Waals surface area contributed by atoms with Crippen molar-refractivity contribution in [1.29, 1.82) is 0 Å². The molecule has 1 aliphatic rings. The molecule has 1 fully saturated rings. The van der Waals surface area contributed by atoms with Gasteiger partial charge in [0.15, 0.2) is 0 Å². The number of aryl methyl sites for hydroxylation is 1. The Bertz CT molecular complexity index is 661. The summed E-state index contributed by atoms with van der Waals surface area (Å²) in [5.41, 5.74) is 0.842. The van der Waals surface area contributed by atoms with Crippen LogP contribution in [0.15, 0.2) is 23.1 Å². The maximum absolute atomic E-state index is 12.6. The van der Waals surface area contributed by atoms with Gasteiger partial charge in [-0.2, -0.15) is 4.31 Å². The Kier molecular flexibility index (Phi) is 4.57. The largest absolute Gasteiger partial charge is 0.481 e. The van der Waals surface area contributed by atoms with E-state index in [4.69, 9.17) is 21.4 Å². The first-order chi connectivity index (χ1) is 9.75. The molecule has 21 heavy (non-hydrogen) atoms. The number of nitrogens with zero attached hydrogens (tertiary/aromatic N) is 1. The summed E-state index contributed by atoms with van der Waals surface area (Å²) < 4.78 is 31.4. The van der Waals surface area contributed by atoms with Gasteiger partial charge in [0.1, 0.15) is 4.90 Å². The summed E-state index contributed by atoms with van der Waals surface area (Å²) in [5, 5.41) is 9.25. The minimum atomic E-state index is -3.88. The highest BCUT2D eigenvalue weighted by Gasteiger charge is 2.41. The van der Waals surface area contributed by atoms with Crippen LogP contribution in [0.25, 0.3) is 0 Å². The van der Waals surface area contributed by atoms with Crippen molar-refractivity contribution in [2.75, 3.05) is 20.3 Å². The summed E-state index contributed by atoms with van der Waals surface area (Å²) in [5.74, 6) is -1.96. The fourth-order valence-corrected chi connectivity index (χ4v) is 4.23. The average molecular weight is 334 g/mol. The number of halogens is 1. The van der Waals surface area contributed by atoms with Crippen LogP contribution in [-0.4, -0.2) is 50.1 Å². The molecule has 0 radical (unpaired) electrons. The highest BCUT2D eigenvalue weighted by Crippen LogP contribution is 2.29. The van der Waals surface area contributed by atoms with E-state index < -0.39 is 28.0 Å². The number of ether oxygens (including phenoxy) is 1. The van der Waals surface area contributed by atoms with Crippen molar-refractivity contribution in [2.24, 2.45) is 5.92 Å². The monoisotopic (exact) mass is 333 g/mol. The summed E-state index contributed by atoms with van der Waals surface area (Å²) in [6, 6.07) is 3.88. The van der Waals surface area contributed by atoms with Crippen LogP contribution in [0.2, 0.25) is 5.02 Å². The van der Waals surface area contributed by atoms with Gasteiger partial charge in [-0.15, -0.1) is 0 Å². The summed E-state index contributed by atoms with van der Waals surface area (Å²) >= 11 is 6.01. The van der Waals surface area contributed by atoms with Crippen molar-refractivity contribution in [3.63, 3.8) is 0 Å². The Balaban J connectivity index is 2.37. The Morgan fingerprint density at radius 2 is 2.10 bits per heavy atom. The van der Waals surface area contributed by atoms with Crippen LogP contribution >= 0.6 is 11.6 Å². The molecule has 1 N–H and O–H groups in total. The molecule has 0 spiro atoms. The summed E-state index contributed by atoms with van der Waals surface area (Å²) in [4.78, 5) is 11.1. The quantitative estimate of drug-likeness (QED) is 0.899. The zero-order chi connectivity index (χ0) is 15.8. The number of sulfonamides is 1. The van der Waals surface area contributed by atoms with Crippen LogP contribution in [0, 0.1) is 12.8 Å². The Labute approximate surface area is 128 Å². The molecule has 0 bridgehead atoms. The number of carbonyl (C=O) groups is 1. The number of rotatable bonds is 4. The van der Waals surface area contributed by atoms with E-state index in [1.807, 2.05) is 0 Å². The lowest BCUT2D eigenvalue weighted by Crippen LogP contribution is -2.44. The zero-order valence-electron chi connectivity index (χ0n) is 11.6. The van der Waals surface area contributed by atoms with E-state index in [1.165, 1.54) is 13.1 Å². The third kappa shape index (κ3) is 3.06. The standard InChI is InChI=1S/C13H16ClNO5S/c1-8-3-4-12(10(14)5-8)21(18,19)15(2)11-7-20-6-9(11)13(16)17/h3-5,9,11H,6-7H2,1-2H3,(H,16,17). The number of aliphatic carboxylic acids is 1. The third-order valence-corrected chi connectivity index (χ3v) is 5.94. The smallest absolute Gasteiger partial charge is 0.310 e. The Morgan fingerprint density at radius 1 is 1.43 bits per heavy atom. The molecular formula is C13H16ClNO5S. The van der Waals surface area contributed by atoms with Gasteiger partial charge in [-0.05, 0) is 24.6 Å². The molecule has 6 nitrogen and oxygen atoms in total. The average Bonchev–Trinajstić information content (AvgIpc) is 2.86. The van der Waals surface area contributed by atoms with E-state index in [1.54, 1.807) is 19.1 Å². The summed E-state index contributed by atoms with van der Waals surface area (Å²) in [6.07, 6.45) is 0. The minimum absolute atomic E-state index is 0.00148. The number of carboxylic acids is 1. The lowest BCUT2D eigenvalue weighted by Gasteiger charge is -2.26. The predicted octanol–water partition coefficient (Wildman–Crippen LogP) is 1.37. The van der Waals surface area contributed by atoms with Gasteiger partial charge in [0.05, 0.1) is 30.2 Å². The number of carboxylic acid groups (broad SMARTS) is 1. The van der Waals surface area contributed by atoms with Crippen molar-refractivity contribution in [3.05, 3.63) is 28.8 Å². The number of benzene rings is 1. The number of hydrogen-bond donors (Lipinski definition) is 1. The molecule has 1 aromatic rings. The van der Waals surface area contributed by atoms with Gasteiger partial charge in [-0.3, -0.25) is 4.79 Å². The molecule has 2 rings (SSSR count). The van der Waals surface area contributed by atoms with Gasteiger partial charge in [-0.25, -0.2) is 8.42 Å². The zero-order valence-corrected chi connectivity index (χ0v) is 13.2. The highest BCUT2D eigenvalue weighted by molar-refractivity contribution is 7.89. The molecule has 1 heterocycles. The van der Waals surface area contributed by atoms with Crippen LogP contribution < -0.4 is 0 Å². The van der Waals surface area contributed by atoms with Gasteiger partial charge >= 0.3 is 5.97 Å². The Hall–Kier alpha value is -1.15. The van der Waals surface area contributed by atoms with Gasteiger partial charge in [0.25, 0.3) is 0 Å². The van der Waals surface area contributed by atoms with Crippen molar-refractivity contribution >= 4 is 27.6 Å². The van der Waals surface area contributed by atoms with Gasteiger partial charge < -0.3 is 9.84 Å². The molecule has 0 saturated carbocycles. The molecule has 2 unspecified atom stereocenters. The van der Waals surface area contributed by atoms with E-state index in [0.29, 0.717) is 0 Å². The van der Waals surface area contributed by atoms with Gasteiger partial charge in [-0.1, -0.05) is 17.7 Å². The van der Waals surface area contributed by atoms with Crippen LogP contribution in [0.4, 0.5) is 0 Å². The first-order valence-electron chi connectivity index (χ1n) is 6.30. The lowest BCUT2D eigenvalue weighted by atomic mass is 10.1. The molecule has 0 amide bonds. The lowest BCUT2D eigenvalue weighted by molar-refractivity contribution is -0.142.